The lowest BCUT2D eigenvalue weighted by Gasteiger charge is -2.10. The first-order valence-corrected chi connectivity index (χ1v) is 4.70. The molecule has 0 saturated carbocycles. The zero-order valence-corrected chi connectivity index (χ0v) is 6.98. The predicted molar refractivity (Wildman–Crippen MR) is 42.9 cm³/mol. The van der Waals surface area contributed by atoms with Gasteiger partial charge in [-0.15, -0.1) is 0 Å². The fourth-order valence-corrected chi connectivity index (χ4v) is 1.66. The second kappa shape index (κ2) is 2.67. The molecule has 0 saturated heterocycles. The summed E-state index contributed by atoms with van der Waals surface area (Å²) >= 11 is 0. The van der Waals surface area contributed by atoms with Gasteiger partial charge in [-0.3, -0.25) is 0 Å². The molecule has 0 spiro atoms. The maximum Gasteiger partial charge on any atom is 0.239 e. The summed E-state index contributed by atoms with van der Waals surface area (Å²) < 4.78 is 21.7. The molecule has 1 aliphatic heterocycles. The highest BCUT2D eigenvalue weighted by atomic mass is 32.2. The third-order valence-electron chi connectivity index (χ3n) is 1.45. The van der Waals surface area contributed by atoms with Crippen LogP contribution in [0.5, 0.6) is 0 Å². The molecule has 0 aromatic heterocycles. The lowest BCUT2D eigenvalue weighted by molar-refractivity contribution is 0.603. The Morgan fingerprint density at radius 1 is 1.64 bits per heavy atom. The highest BCUT2D eigenvalue weighted by Gasteiger charge is 2.15. The second-order valence-corrected chi connectivity index (χ2v) is 3.88. The maximum absolute atomic E-state index is 10.8. The quantitative estimate of drug-likeness (QED) is 0.571. The molecule has 11 heavy (non-hydrogen) atoms. The third-order valence-corrected chi connectivity index (χ3v) is 2.51. The van der Waals surface area contributed by atoms with Gasteiger partial charge < -0.3 is 5.32 Å². The molecule has 0 aliphatic carbocycles. The molecule has 3 N–H and O–H groups in total. The normalized spacial score (nSPS) is 18.4. The van der Waals surface area contributed by atoms with E-state index >= 15 is 0 Å². The highest BCUT2D eigenvalue weighted by molar-refractivity contribution is 7.93. The Morgan fingerprint density at radius 2 is 2.27 bits per heavy atom. The van der Waals surface area contributed by atoms with E-state index in [0.29, 0.717) is 12.1 Å². The van der Waals surface area contributed by atoms with E-state index < -0.39 is 10.0 Å². The van der Waals surface area contributed by atoms with Crippen molar-refractivity contribution in [2.45, 2.75) is 6.92 Å². The van der Waals surface area contributed by atoms with Crippen molar-refractivity contribution in [2.75, 3.05) is 6.54 Å². The number of hydrogen-bond acceptors (Lipinski definition) is 3. The van der Waals surface area contributed by atoms with Crippen LogP contribution in [0.2, 0.25) is 0 Å². The summed E-state index contributed by atoms with van der Waals surface area (Å²) in [7, 11) is -3.54. The fraction of sp³-hybridized carbons (Fsp3) is 0.333. The summed E-state index contributed by atoms with van der Waals surface area (Å²) in [5, 5.41) is 7.70. The summed E-state index contributed by atoms with van der Waals surface area (Å²) in [5.74, 6) is 0. The number of nitrogens with one attached hydrogen (secondary N) is 1. The van der Waals surface area contributed by atoms with Crippen molar-refractivity contribution in [2.24, 2.45) is 5.14 Å². The molecule has 4 nitrogen and oxygen atoms in total. The molecule has 1 rings (SSSR count). The van der Waals surface area contributed by atoms with Crippen molar-refractivity contribution < 1.29 is 8.42 Å². The number of allylic oxidation sites excluding steroid dienone is 1. The number of sulfonamides is 1. The van der Waals surface area contributed by atoms with Crippen LogP contribution >= 0.6 is 0 Å². The fourth-order valence-electron chi connectivity index (χ4n) is 0.885. The average Bonchev–Trinajstić information content (AvgIpc) is 1.86. The van der Waals surface area contributed by atoms with Gasteiger partial charge in [-0.25, -0.2) is 13.6 Å². The Morgan fingerprint density at radius 3 is 2.64 bits per heavy atom. The first-order valence-electron chi connectivity index (χ1n) is 3.15. The van der Waals surface area contributed by atoms with Gasteiger partial charge in [0, 0.05) is 12.7 Å². The van der Waals surface area contributed by atoms with Crippen LogP contribution in [0.1, 0.15) is 6.92 Å². The van der Waals surface area contributed by atoms with Crippen molar-refractivity contribution in [1.82, 2.24) is 5.32 Å². The van der Waals surface area contributed by atoms with Gasteiger partial charge in [0.25, 0.3) is 0 Å². The summed E-state index contributed by atoms with van der Waals surface area (Å²) in [4.78, 5) is 0.170. The van der Waals surface area contributed by atoms with Crippen molar-refractivity contribution in [3.8, 4) is 0 Å². The van der Waals surface area contributed by atoms with E-state index in [1.807, 2.05) is 0 Å². The van der Waals surface area contributed by atoms with E-state index in [2.05, 4.69) is 5.32 Å². The van der Waals surface area contributed by atoms with Crippen molar-refractivity contribution in [3.05, 3.63) is 22.8 Å². The molecule has 0 aromatic carbocycles. The Bertz CT molecular complexity index is 313. The van der Waals surface area contributed by atoms with Gasteiger partial charge in [-0.1, -0.05) is 6.08 Å². The van der Waals surface area contributed by atoms with Crippen LogP contribution < -0.4 is 10.5 Å². The molecule has 5 heteroatoms. The van der Waals surface area contributed by atoms with Crippen LogP contribution in [0, 0.1) is 0 Å². The van der Waals surface area contributed by atoms with E-state index in [1.165, 1.54) is 6.20 Å². The lowest BCUT2D eigenvalue weighted by Crippen LogP contribution is -2.21. The number of primary sulfonamides is 1. The molecule has 0 aromatic rings. The lowest BCUT2D eigenvalue weighted by atomic mass is 10.2. The molecule has 0 radical (unpaired) electrons. The van der Waals surface area contributed by atoms with Crippen molar-refractivity contribution in [1.29, 1.82) is 0 Å². The molecular formula is C6H10N2O2S. The molecule has 1 aliphatic rings. The van der Waals surface area contributed by atoms with Crippen LogP contribution in [-0.4, -0.2) is 15.0 Å². The maximum atomic E-state index is 10.8. The predicted octanol–water partition coefficient (Wildman–Crippen LogP) is -0.334. The molecule has 0 atom stereocenters. The molecule has 0 bridgehead atoms. The minimum Gasteiger partial charge on any atom is -0.386 e. The van der Waals surface area contributed by atoms with Gasteiger partial charge in [0.15, 0.2) is 0 Å². The van der Waals surface area contributed by atoms with E-state index in [0.717, 1.165) is 0 Å². The minimum atomic E-state index is -3.54. The van der Waals surface area contributed by atoms with Gasteiger partial charge >= 0.3 is 0 Å². The van der Waals surface area contributed by atoms with Crippen LogP contribution in [0.15, 0.2) is 22.8 Å². The number of dihydropyridines is 1. The van der Waals surface area contributed by atoms with E-state index in [4.69, 9.17) is 5.14 Å². The molecular weight excluding hydrogens is 164 g/mol. The topological polar surface area (TPSA) is 72.2 Å². The standard InChI is InChI=1S/C6H10N2O2S/c1-5-2-3-8-4-6(5)11(7,9)10/h2,4,8H,3H2,1H3,(H2,7,9,10). The Kier molecular flexibility index (Phi) is 2.01. The monoisotopic (exact) mass is 174 g/mol. The van der Waals surface area contributed by atoms with Crippen molar-refractivity contribution >= 4 is 10.0 Å². The second-order valence-electron chi connectivity index (χ2n) is 2.35. The smallest absolute Gasteiger partial charge is 0.239 e. The minimum absolute atomic E-state index is 0.170. The van der Waals surface area contributed by atoms with E-state index in [9.17, 15) is 8.42 Å². The first kappa shape index (κ1) is 8.29. The van der Waals surface area contributed by atoms with Gasteiger partial charge in [-0.2, -0.15) is 0 Å². The van der Waals surface area contributed by atoms with Gasteiger partial charge in [0.05, 0.1) is 0 Å². The van der Waals surface area contributed by atoms with E-state index in [1.54, 1.807) is 13.0 Å². The number of nitrogens with two attached hydrogens (primary N) is 1. The Hall–Kier alpha value is -0.810. The average molecular weight is 174 g/mol. The van der Waals surface area contributed by atoms with Crippen LogP contribution in [0.25, 0.3) is 0 Å². The Balaban J connectivity index is 3.07. The molecule has 1 heterocycles. The largest absolute Gasteiger partial charge is 0.386 e. The first-order chi connectivity index (χ1) is 5.02. The highest BCUT2D eigenvalue weighted by Crippen LogP contribution is 2.14. The van der Waals surface area contributed by atoms with Crippen LogP contribution in [0.4, 0.5) is 0 Å². The summed E-state index contributed by atoms with van der Waals surface area (Å²) in [5.41, 5.74) is 0.700. The summed E-state index contributed by atoms with van der Waals surface area (Å²) in [6.07, 6.45) is 3.20. The summed E-state index contributed by atoms with van der Waals surface area (Å²) in [6.45, 7) is 2.38. The molecule has 0 unspecified atom stereocenters. The molecule has 0 fully saturated rings. The summed E-state index contributed by atoms with van der Waals surface area (Å²) in [6, 6.07) is 0. The van der Waals surface area contributed by atoms with Gasteiger partial charge in [0.1, 0.15) is 4.91 Å². The SMILES string of the molecule is CC1=CCNC=C1S(N)(=O)=O. The van der Waals surface area contributed by atoms with Gasteiger partial charge in [-0.05, 0) is 12.5 Å². The zero-order chi connectivity index (χ0) is 8.48. The zero-order valence-electron chi connectivity index (χ0n) is 6.16. The third kappa shape index (κ3) is 1.81. The molecule has 0 amide bonds. The van der Waals surface area contributed by atoms with Crippen LogP contribution in [0.3, 0.4) is 0 Å². The molecule has 62 valence electrons. The van der Waals surface area contributed by atoms with Crippen molar-refractivity contribution in [3.63, 3.8) is 0 Å². The van der Waals surface area contributed by atoms with Gasteiger partial charge in [0.2, 0.25) is 10.0 Å². The number of hydrogen-bond donors (Lipinski definition) is 2. The van der Waals surface area contributed by atoms with Crippen LogP contribution in [-0.2, 0) is 10.0 Å². The van der Waals surface area contributed by atoms with E-state index in [-0.39, 0.29) is 4.91 Å². The number of rotatable bonds is 1. The Labute approximate surface area is 65.8 Å².